The van der Waals surface area contributed by atoms with Crippen LogP contribution in [-0.2, 0) is 22.2 Å². The molecule has 0 fully saturated rings. The Hall–Kier alpha value is -2.41. The molecule has 1 aromatic heterocycles. The minimum absolute atomic E-state index is 0.0188. The van der Waals surface area contributed by atoms with Crippen molar-refractivity contribution >= 4 is 15.9 Å². The molecule has 2 N–H and O–H groups in total. The maximum Gasteiger partial charge on any atom is 0.259 e. The summed E-state index contributed by atoms with van der Waals surface area (Å²) in [6, 6.07) is 10.9. The van der Waals surface area contributed by atoms with Crippen molar-refractivity contribution < 1.29 is 13.2 Å². The topological polar surface area (TPSA) is 94.6 Å². The Bertz CT molecular complexity index is 817. The summed E-state index contributed by atoms with van der Waals surface area (Å²) in [6.45, 7) is 0.424. The monoisotopic (exact) mass is 317 g/mol. The second-order valence-corrected chi connectivity index (χ2v) is 6.55. The average Bonchev–Trinajstić information content (AvgIpc) is 2.46. The molecule has 0 spiro atoms. The van der Waals surface area contributed by atoms with Gasteiger partial charge in [0.2, 0.25) is 0 Å². The van der Waals surface area contributed by atoms with E-state index in [9.17, 15) is 8.42 Å². The van der Waals surface area contributed by atoms with E-state index in [2.05, 4.69) is 9.38 Å². The molecule has 1 aromatic carbocycles. The second kappa shape index (κ2) is 5.76. The van der Waals surface area contributed by atoms with E-state index in [1.807, 2.05) is 18.2 Å². The van der Waals surface area contributed by atoms with Gasteiger partial charge in [0.25, 0.3) is 10.0 Å². The maximum atomic E-state index is 11.6. The molecule has 0 aliphatic carbocycles. The standard InChI is InChI=1S/C15H15N3O3S/c16-15-14-11(10-22(19,20)18-15)4-3-6-13(14)21-9-7-12-5-1-2-8-17-12/h1-6,8H,7,9-10H2,(H2,16,18). The van der Waals surface area contributed by atoms with Crippen LogP contribution in [0.3, 0.4) is 0 Å². The van der Waals surface area contributed by atoms with E-state index in [-0.39, 0.29) is 11.6 Å². The Kier molecular flexibility index (Phi) is 3.81. The lowest BCUT2D eigenvalue weighted by Crippen LogP contribution is -2.24. The molecule has 0 unspecified atom stereocenters. The minimum atomic E-state index is -3.53. The SMILES string of the molecule is NC1=NS(=O)(=O)Cc2cccc(OCCc3ccccn3)c21. The predicted octanol–water partition coefficient (Wildman–Crippen LogP) is 1.25. The van der Waals surface area contributed by atoms with Gasteiger partial charge in [0.15, 0.2) is 0 Å². The molecule has 3 rings (SSSR count). The van der Waals surface area contributed by atoms with Gasteiger partial charge in [-0.1, -0.05) is 18.2 Å². The number of ether oxygens (including phenoxy) is 1. The molecule has 0 amide bonds. The average molecular weight is 317 g/mol. The van der Waals surface area contributed by atoms with Gasteiger partial charge in [-0.25, -0.2) is 8.42 Å². The molecule has 2 heterocycles. The fraction of sp³-hybridized carbons (Fsp3) is 0.200. The molecule has 22 heavy (non-hydrogen) atoms. The second-order valence-electron chi connectivity index (χ2n) is 4.91. The van der Waals surface area contributed by atoms with E-state index in [4.69, 9.17) is 10.5 Å². The third-order valence-electron chi connectivity index (χ3n) is 3.29. The van der Waals surface area contributed by atoms with Crippen LogP contribution >= 0.6 is 0 Å². The van der Waals surface area contributed by atoms with Gasteiger partial charge in [-0.15, -0.1) is 4.40 Å². The highest BCUT2D eigenvalue weighted by atomic mass is 32.2. The van der Waals surface area contributed by atoms with Gasteiger partial charge in [-0.2, -0.15) is 0 Å². The van der Waals surface area contributed by atoms with Gasteiger partial charge in [0.1, 0.15) is 11.6 Å². The molecule has 7 heteroatoms. The first-order valence-electron chi connectivity index (χ1n) is 6.78. The Morgan fingerprint density at radius 3 is 2.82 bits per heavy atom. The van der Waals surface area contributed by atoms with Gasteiger partial charge in [-0.3, -0.25) is 4.98 Å². The largest absolute Gasteiger partial charge is 0.492 e. The van der Waals surface area contributed by atoms with E-state index >= 15 is 0 Å². The molecule has 1 aliphatic rings. The lowest BCUT2D eigenvalue weighted by molar-refractivity contribution is 0.319. The van der Waals surface area contributed by atoms with Gasteiger partial charge in [0, 0.05) is 18.3 Å². The van der Waals surface area contributed by atoms with Gasteiger partial charge >= 0.3 is 0 Å². The fourth-order valence-electron chi connectivity index (χ4n) is 2.34. The Balaban J connectivity index is 1.79. The summed E-state index contributed by atoms with van der Waals surface area (Å²) in [5.74, 6) is 0.375. The first-order chi connectivity index (χ1) is 10.6. The smallest absolute Gasteiger partial charge is 0.259 e. The van der Waals surface area contributed by atoms with Crippen LogP contribution in [0.25, 0.3) is 0 Å². The van der Waals surface area contributed by atoms with Crippen molar-refractivity contribution in [3.63, 3.8) is 0 Å². The zero-order chi connectivity index (χ0) is 15.6. The number of hydrogen-bond donors (Lipinski definition) is 1. The fourth-order valence-corrected chi connectivity index (χ4v) is 3.43. The number of fused-ring (bicyclic) bond motifs is 1. The minimum Gasteiger partial charge on any atom is -0.492 e. The zero-order valence-electron chi connectivity index (χ0n) is 11.8. The first-order valence-corrected chi connectivity index (χ1v) is 8.39. The van der Waals surface area contributed by atoms with Crippen LogP contribution in [0.15, 0.2) is 47.0 Å². The Labute approximate surface area is 128 Å². The van der Waals surface area contributed by atoms with Crippen molar-refractivity contribution in [1.82, 2.24) is 4.98 Å². The number of pyridine rings is 1. The summed E-state index contributed by atoms with van der Waals surface area (Å²) in [7, 11) is -3.53. The summed E-state index contributed by atoms with van der Waals surface area (Å²) in [5.41, 5.74) is 7.89. The number of benzene rings is 1. The van der Waals surface area contributed by atoms with Crippen molar-refractivity contribution in [1.29, 1.82) is 0 Å². The summed E-state index contributed by atoms with van der Waals surface area (Å²) in [4.78, 5) is 4.22. The highest BCUT2D eigenvalue weighted by Crippen LogP contribution is 2.28. The quantitative estimate of drug-likeness (QED) is 0.916. The summed E-state index contributed by atoms with van der Waals surface area (Å²) < 4.78 is 32.5. The molecular weight excluding hydrogens is 302 g/mol. The normalized spacial score (nSPS) is 15.7. The number of aromatic nitrogens is 1. The molecule has 114 valence electrons. The van der Waals surface area contributed by atoms with Crippen LogP contribution in [0.5, 0.6) is 5.75 Å². The third kappa shape index (κ3) is 3.09. The first kappa shape index (κ1) is 14.5. The number of rotatable bonds is 4. The maximum absolute atomic E-state index is 11.6. The highest BCUT2D eigenvalue weighted by molar-refractivity contribution is 7.89. The summed E-state index contributed by atoms with van der Waals surface area (Å²) >= 11 is 0. The van der Waals surface area contributed by atoms with Crippen molar-refractivity contribution in [3.05, 3.63) is 59.4 Å². The van der Waals surface area contributed by atoms with Gasteiger partial charge in [-0.05, 0) is 23.8 Å². The molecule has 0 atom stereocenters. The van der Waals surface area contributed by atoms with Crippen molar-refractivity contribution in [3.8, 4) is 5.75 Å². The summed E-state index contributed by atoms with van der Waals surface area (Å²) in [6.07, 6.45) is 2.38. The van der Waals surface area contributed by atoms with Crippen LogP contribution in [0, 0.1) is 0 Å². The zero-order valence-corrected chi connectivity index (χ0v) is 12.6. The van der Waals surface area contributed by atoms with Crippen LogP contribution in [0.4, 0.5) is 0 Å². The lowest BCUT2D eigenvalue weighted by atomic mass is 10.1. The van der Waals surface area contributed by atoms with Crippen LogP contribution in [0.2, 0.25) is 0 Å². The Morgan fingerprint density at radius 2 is 2.05 bits per heavy atom. The van der Waals surface area contributed by atoms with E-state index < -0.39 is 10.0 Å². The van der Waals surface area contributed by atoms with Gasteiger partial charge in [0.05, 0.1) is 17.9 Å². The number of sulfonamides is 1. The van der Waals surface area contributed by atoms with Crippen LogP contribution < -0.4 is 10.5 Å². The predicted molar refractivity (Wildman–Crippen MR) is 83.2 cm³/mol. The molecule has 1 aliphatic heterocycles. The number of nitrogens with zero attached hydrogens (tertiary/aromatic N) is 2. The van der Waals surface area contributed by atoms with E-state index in [1.165, 1.54) is 0 Å². The van der Waals surface area contributed by atoms with E-state index in [0.29, 0.717) is 29.9 Å². The molecular formula is C15H15N3O3S. The third-order valence-corrected chi connectivity index (χ3v) is 4.44. The lowest BCUT2D eigenvalue weighted by Gasteiger charge is -2.18. The molecule has 0 saturated carbocycles. The van der Waals surface area contributed by atoms with Gasteiger partial charge < -0.3 is 10.5 Å². The number of nitrogens with two attached hydrogens (primary N) is 1. The molecule has 0 saturated heterocycles. The van der Waals surface area contributed by atoms with Crippen molar-refractivity contribution in [2.45, 2.75) is 12.2 Å². The molecule has 2 aromatic rings. The number of hydrogen-bond acceptors (Lipinski definition) is 5. The molecule has 6 nitrogen and oxygen atoms in total. The highest BCUT2D eigenvalue weighted by Gasteiger charge is 2.25. The molecule has 0 radical (unpaired) electrons. The van der Waals surface area contributed by atoms with Crippen LogP contribution in [0.1, 0.15) is 16.8 Å². The van der Waals surface area contributed by atoms with Crippen molar-refractivity contribution in [2.75, 3.05) is 6.61 Å². The van der Waals surface area contributed by atoms with E-state index in [0.717, 1.165) is 5.69 Å². The summed E-state index contributed by atoms with van der Waals surface area (Å²) in [5, 5.41) is 0. The van der Waals surface area contributed by atoms with E-state index in [1.54, 1.807) is 24.4 Å². The molecule has 0 bridgehead atoms. The Morgan fingerprint density at radius 1 is 1.18 bits per heavy atom. The number of amidine groups is 1. The van der Waals surface area contributed by atoms with Crippen LogP contribution in [-0.4, -0.2) is 25.8 Å². The van der Waals surface area contributed by atoms with Crippen molar-refractivity contribution in [2.24, 2.45) is 10.1 Å².